The summed E-state index contributed by atoms with van der Waals surface area (Å²) in [5.74, 6) is -0.184. The standard InChI is InChI=1S/C18H20O2/c1-3-13(2)12-14-4-6-15(7-5-14)16-8-10-17(11-9-16)18(19)20/h4-11,13H,3,12H2,1-2H3,(H,19,20)/t13-/m0/s1. The Labute approximate surface area is 120 Å². The van der Waals surface area contributed by atoms with Crippen LogP contribution in [0, 0.1) is 5.92 Å². The summed E-state index contributed by atoms with van der Waals surface area (Å²) in [4.78, 5) is 10.8. The molecular weight excluding hydrogens is 248 g/mol. The molecule has 0 aliphatic rings. The predicted octanol–water partition coefficient (Wildman–Crippen LogP) is 4.64. The van der Waals surface area contributed by atoms with E-state index < -0.39 is 5.97 Å². The van der Waals surface area contributed by atoms with E-state index in [0.717, 1.165) is 17.5 Å². The number of carbonyl (C=O) groups is 1. The molecule has 0 aromatic heterocycles. The number of carboxylic acids is 1. The van der Waals surface area contributed by atoms with E-state index in [2.05, 4.69) is 38.1 Å². The molecule has 2 aromatic carbocycles. The summed E-state index contributed by atoms with van der Waals surface area (Å²) < 4.78 is 0. The number of hydrogen-bond donors (Lipinski definition) is 1. The van der Waals surface area contributed by atoms with E-state index in [0.29, 0.717) is 11.5 Å². The molecule has 1 N–H and O–H groups in total. The minimum atomic E-state index is -0.888. The minimum absolute atomic E-state index is 0.321. The van der Waals surface area contributed by atoms with Crippen molar-refractivity contribution >= 4 is 5.97 Å². The van der Waals surface area contributed by atoms with E-state index in [-0.39, 0.29) is 0 Å². The van der Waals surface area contributed by atoms with Crippen molar-refractivity contribution in [1.82, 2.24) is 0 Å². The van der Waals surface area contributed by atoms with Crippen LogP contribution in [-0.2, 0) is 6.42 Å². The van der Waals surface area contributed by atoms with Crippen molar-refractivity contribution in [3.63, 3.8) is 0 Å². The van der Waals surface area contributed by atoms with Gasteiger partial charge in [0.05, 0.1) is 5.56 Å². The third-order valence-electron chi connectivity index (χ3n) is 3.70. The quantitative estimate of drug-likeness (QED) is 0.857. The monoisotopic (exact) mass is 268 g/mol. The first-order valence-corrected chi connectivity index (χ1v) is 7.02. The largest absolute Gasteiger partial charge is 0.478 e. The molecule has 104 valence electrons. The Morgan fingerprint density at radius 2 is 1.50 bits per heavy atom. The molecule has 2 heteroatoms. The molecule has 2 nitrogen and oxygen atoms in total. The summed E-state index contributed by atoms with van der Waals surface area (Å²) in [6.07, 6.45) is 2.30. The molecule has 0 fully saturated rings. The van der Waals surface area contributed by atoms with Gasteiger partial charge in [-0.05, 0) is 41.2 Å². The van der Waals surface area contributed by atoms with E-state index >= 15 is 0 Å². The fourth-order valence-corrected chi connectivity index (χ4v) is 2.19. The van der Waals surface area contributed by atoms with Crippen LogP contribution in [0.15, 0.2) is 48.5 Å². The van der Waals surface area contributed by atoms with Crippen LogP contribution in [0.2, 0.25) is 0 Å². The van der Waals surface area contributed by atoms with E-state index in [9.17, 15) is 4.79 Å². The third-order valence-corrected chi connectivity index (χ3v) is 3.70. The highest BCUT2D eigenvalue weighted by atomic mass is 16.4. The molecule has 0 saturated heterocycles. The van der Waals surface area contributed by atoms with Gasteiger partial charge in [-0.15, -0.1) is 0 Å². The summed E-state index contributed by atoms with van der Waals surface area (Å²) >= 11 is 0. The summed E-state index contributed by atoms with van der Waals surface area (Å²) in [6.45, 7) is 4.47. The molecule has 20 heavy (non-hydrogen) atoms. The van der Waals surface area contributed by atoms with Crippen molar-refractivity contribution in [2.75, 3.05) is 0 Å². The summed E-state index contributed by atoms with van der Waals surface area (Å²) in [5, 5.41) is 8.89. The Balaban J connectivity index is 2.15. The lowest BCUT2D eigenvalue weighted by Gasteiger charge is -2.09. The molecule has 0 amide bonds. The van der Waals surface area contributed by atoms with Crippen molar-refractivity contribution in [3.05, 3.63) is 59.7 Å². The lowest BCUT2D eigenvalue weighted by atomic mass is 9.96. The summed E-state index contributed by atoms with van der Waals surface area (Å²) in [5.41, 5.74) is 3.84. The maximum absolute atomic E-state index is 10.8. The van der Waals surface area contributed by atoms with Crippen LogP contribution in [0.3, 0.4) is 0 Å². The summed E-state index contributed by atoms with van der Waals surface area (Å²) in [7, 11) is 0. The lowest BCUT2D eigenvalue weighted by molar-refractivity contribution is 0.0697. The van der Waals surface area contributed by atoms with Gasteiger partial charge in [-0.2, -0.15) is 0 Å². The first-order chi connectivity index (χ1) is 9.60. The summed E-state index contributed by atoms with van der Waals surface area (Å²) in [6, 6.07) is 15.5. The van der Waals surface area contributed by atoms with Gasteiger partial charge in [-0.3, -0.25) is 0 Å². The Morgan fingerprint density at radius 3 is 1.95 bits per heavy atom. The third kappa shape index (κ3) is 3.47. The molecule has 0 spiro atoms. The van der Waals surface area contributed by atoms with E-state index in [4.69, 9.17) is 5.11 Å². The minimum Gasteiger partial charge on any atom is -0.478 e. The van der Waals surface area contributed by atoms with E-state index in [1.807, 2.05) is 12.1 Å². The molecule has 2 rings (SSSR count). The second-order valence-electron chi connectivity index (χ2n) is 5.30. The van der Waals surface area contributed by atoms with Crippen molar-refractivity contribution in [3.8, 4) is 11.1 Å². The first kappa shape index (κ1) is 14.3. The maximum atomic E-state index is 10.8. The molecule has 2 aromatic rings. The number of rotatable bonds is 5. The van der Waals surface area contributed by atoms with Gasteiger partial charge in [0, 0.05) is 0 Å². The van der Waals surface area contributed by atoms with Gasteiger partial charge in [-0.1, -0.05) is 56.7 Å². The van der Waals surface area contributed by atoms with Gasteiger partial charge in [0.25, 0.3) is 0 Å². The molecule has 0 bridgehead atoms. The Kier molecular flexibility index (Phi) is 4.57. The van der Waals surface area contributed by atoms with Crippen molar-refractivity contribution in [2.24, 2.45) is 5.92 Å². The molecule has 0 unspecified atom stereocenters. The molecule has 0 aliphatic carbocycles. The number of carboxylic acid groups (broad SMARTS) is 1. The average molecular weight is 268 g/mol. The van der Waals surface area contributed by atoms with Crippen LogP contribution >= 0.6 is 0 Å². The van der Waals surface area contributed by atoms with Crippen LogP contribution in [0.5, 0.6) is 0 Å². The molecule has 0 saturated carbocycles. The highest BCUT2D eigenvalue weighted by Crippen LogP contribution is 2.21. The normalized spacial score (nSPS) is 12.1. The molecular formula is C18H20O2. The van der Waals surface area contributed by atoms with E-state index in [1.54, 1.807) is 12.1 Å². The van der Waals surface area contributed by atoms with Gasteiger partial charge in [-0.25, -0.2) is 4.79 Å². The number of benzene rings is 2. The Bertz CT molecular complexity index is 567. The number of aromatic carboxylic acids is 1. The highest BCUT2D eigenvalue weighted by molar-refractivity contribution is 5.88. The predicted molar refractivity (Wildman–Crippen MR) is 82.0 cm³/mol. The molecule has 0 heterocycles. The second-order valence-corrected chi connectivity index (χ2v) is 5.30. The van der Waals surface area contributed by atoms with Gasteiger partial charge in [0.2, 0.25) is 0 Å². The van der Waals surface area contributed by atoms with Gasteiger partial charge >= 0.3 is 5.97 Å². The zero-order chi connectivity index (χ0) is 14.5. The van der Waals surface area contributed by atoms with Gasteiger partial charge in [0.1, 0.15) is 0 Å². The van der Waals surface area contributed by atoms with Crippen molar-refractivity contribution in [2.45, 2.75) is 26.7 Å². The van der Waals surface area contributed by atoms with Crippen molar-refractivity contribution < 1.29 is 9.90 Å². The Morgan fingerprint density at radius 1 is 1.00 bits per heavy atom. The highest BCUT2D eigenvalue weighted by Gasteiger charge is 2.04. The van der Waals surface area contributed by atoms with E-state index in [1.165, 1.54) is 12.0 Å². The van der Waals surface area contributed by atoms with Gasteiger partial charge < -0.3 is 5.11 Å². The molecule has 0 aliphatic heterocycles. The fourth-order valence-electron chi connectivity index (χ4n) is 2.19. The SMILES string of the molecule is CC[C@H](C)Cc1ccc(-c2ccc(C(=O)O)cc2)cc1. The maximum Gasteiger partial charge on any atom is 0.335 e. The van der Waals surface area contributed by atoms with Crippen molar-refractivity contribution in [1.29, 1.82) is 0 Å². The van der Waals surface area contributed by atoms with Crippen LogP contribution in [0.1, 0.15) is 36.2 Å². The molecule has 0 radical (unpaired) electrons. The average Bonchev–Trinajstić information content (AvgIpc) is 2.48. The van der Waals surface area contributed by atoms with Crippen LogP contribution in [0.4, 0.5) is 0 Å². The molecule has 1 atom stereocenters. The smallest absolute Gasteiger partial charge is 0.335 e. The zero-order valence-electron chi connectivity index (χ0n) is 12.0. The Hall–Kier alpha value is -2.09. The number of hydrogen-bond acceptors (Lipinski definition) is 1. The van der Waals surface area contributed by atoms with Gasteiger partial charge in [0.15, 0.2) is 0 Å². The second kappa shape index (κ2) is 6.38. The van der Waals surface area contributed by atoms with Crippen LogP contribution < -0.4 is 0 Å². The fraction of sp³-hybridized carbons (Fsp3) is 0.278. The topological polar surface area (TPSA) is 37.3 Å². The van der Waals surface area contributed by atoms with Crippen LogP contribution in [0.25, 0.3) is 11.1 Å². The lowest BCUT2D eigenvalue weighted by Crippen LogP contribution is -1.97. The van der Waals surface area contributed by atoms with Crippen LogP contribution in [-0.4, -0.2) is 11.1 Å². The zero-order valence-corrected chi connectivity index (χ0v) is 12.0. The first-order valence-electron chi connectivity index (χ1n) is 7.02.